The Balaban J connectivity index is 2.02. The van der Waals surface area contributed by atoms with Crippen molar-refractivity contribution in [3.05, 3.63) is 76.5 Å². The van der Waals surface area contributed by atoms with Crippen molar-refractivity contribution >= 4 is 46.8 Å². The molecule has 0 radical (unpaired) electrons. The van der Waals surface area contributed by atoms with Crippen LogP contribution in [0.15, 0.2) is 59.1 Å². The number of hydrogen-bond acceptors (Lipinski definition) is 7. The Morgan fingerprint density at radius 3 is 2.33 bits per heavy atom. The predicted molar refractivity (Wildman–Crippen MR) is 151 cm³/mol. The largest absolute Gasteiger partial charge is 0.465 e. The van der Waals surface area contributed by atoms with Crippen LogP contribution in [0.4, 0.5) is 11.5 Å². The van der Waals surface area contributed by atoms with Crippen LogP contribution in [0.25, 0.3) is 0 Å². The number of rotatable bonds is 11. The summed E-state index contributed by atoms with van der Waals surface area (Å²) >= 11 is 6.55. The molecule has 2 aromatic carbocycles. The van der Waals surface area contributed by atoms with Gasteiger partial charge in [0.1, 0.15) is 11.8 Å². The molecule has 3 rings (SSSR count). The fraction of sp³-hybridized carbons (Fsp3) is 0.345. The molecule has 11 heteroatoms. The second-order valence-corrected chi connectivity index (χ2v) is 10.2. The Hall–Kier alpha value is -4.18. The Morgan fingerprint density at radius 2 is 1.75 bits per heavy atom. The minimum atomic E-state index is -1.17. The topological polar surface area (TPSA) is 131 Å². The Morgan fingerprint density at radius 1 is 1.07 bits per heavy atom. The van der Waals surface area contributed by atoms with Crippen LogP contribution in [-0.4, -0.2) is 41.5 Å². The van der Waals surface area contributed by atoms with Gasteiger partial charge in [-0.15, -0.1) is 0 Å². The number of amides is 3. The van der Waals surface area contributed by atoms with E-state index in [2.05, 4.69) is 15.8 Å². The molecule has 212 valence electrons. The molecule has 0 saturated carbocycles. The summed E-state index contributed by atoms with van der Waals surface area (Å²) in [5.41, 5.74) is 0.434. The number of nitrogens with zero attached hydrogens (tertiary/aromatic N) is 2. The van der Waals surface area contributed by atoms with Gasteiger partial charge in [0.05, 0.1) is 12.7 Å². The van der Waals surface area contributed by atoms with E-state index in [1.54, 1.807) is 49.4 Å². The van der Waals surface area contributed by atoms with Crippen LogP contribution in [-0.2, 0) is 19.1 Å². The zero-order valence-electron chi connectivity index (χ0n) is 23.1. The van der Waals surface area contributed by atoms with Crippen molar-refractivity contribution < 1.29 is 28.4 Å². The highest BCUT2D eigenvalue weighted by Crippen LogP contribution is 2.34. The molecule has 0 aliphatic heterocycles. The Bertz CT molecular complexity index is 1370. The molecule has 1 aromatic heterocycles. The number of aryl methyl sites for hydroxylation is 1. The van der Waals surface area contributed by atoms with Crippen LogP contribution in [0, 0.1) is 6.92 Å². The first-order valence-electron chi connectivity index (χ1n) is 12.8. The molecular formula is C29H33ClN4O6. The van der Waals surface area contributed by atoms with Crippen molar-refractivity contribution in [2.24, 2.45) is 0 Å². The summed E-state index contributed by atoms with van der Waals surface area (Å²) in [5.74, 6) is -1.20. The smallest absolute Gasteiger partial charge is 0.337 e. The van der Waals surface area contributed by atoms with E-state index in [1.807, 2.05) is 20.8 Å². The van der Waals surface area contributed by atoms with Gasteiger partial charge in [-0.1, -0.05) is 41.9 Å². The van der Waals surface area contributed by atoms with E-state index >= 15 is 0 Å². The number of halogens is 1. The zero-order chi connectivity index (χ0) is 29.4. The molecule has 1 atom stereocenters. The van der Waals surface area contributed by atoms with E-state index in [-0.39, 0.29) is 24.2 Å². The van der Waals surface area contributed by atoms with Gasteiger partial charge in [-0.25, -0.2) is 4.79 Å². The Kier molecular flexibility index (Phi) is 10.1. The summed E-state index contributed by atoms with van der Waals surface area (Å²) in [6, 6.07) is 13.2. The monoisotopic (exact) mass is 568 g/mol. The maximum atomic E-state index is 13.9. The van der Waals surface area contributed by atoms with Crippen molar-refractivity contribution in [3.8, 4) is 0 Å². The van der Waals surface area contributed by atoms with E-state index in [0.717, 1.165) is 0 Å². The maximum Gasteiger partial charge on any atom is 0.337 e. The number of hydrogen-bond donors (Lipinski definition) is 2. The zero-order valence-corrected chi connectivity index (χ0v) is 23.9. The lowest BCUT2D eigenvalue weighted by Gasteiger charge is -2.35. The highest BCUT2D eigenvalue weighted by Gasteiger charge is 2.36. The summed E-state index contributed by atoms with van der Waals surface area (Å²) < 4.78 is 9.74. The van der Waals surface area contributed by atoms with Crippen LogP contribution in [0.3, 0.4) is 0 Å². The number of nitrogens with one attached hydrogen (secondary N) is 2. The SMILES string of the molecule is CCC(C)(C)NC(=O)[C@@H](c1ccccc1Cl)N(C(=O)CCC(=O)Nc1cc(C)on1)c1ccc(C(=O)OC)cc1. The highest BCUT2D eigenvalue weighted by molar-refractivity contribution is 6.31. The normalized spacial score (nSPS) is 11.8. The fourth-order valence-electron chi connectivity index (χ4n) is 3.87. The minimum Gasteiger partial charge on any atom is -0.465 e. The molecule has 0 aliphatic rings. The predicted octanol–water partition coefficient (Wildman–Crippen LogP) is 5.22. The number of carbonyl (C=O) groups is 4. The molecule has 2 N–H and O–H groups in total. The number of aromatic nitrogens is 1. The molecule has 3 amide bonds. The van der Waals surface area contributed by atoms with E-state index in [1.165, 1.54) is 24.1 Å². The third-order valence-corrected chi connectivity index (χ3v) is 6.69. The van der Waals surface area contributed by atoms with Gasteiger partial charge in [-0.05, 0) is 57.5 Å². The van der Waals surface area contributed by atoms with E-state index < -0.39 is 35.3 Å². The van der Waals surface area contributed by atoms with Gasteiger partial charge in [0.15, 0.2) is 5.82 Å². The van der Waals surface area contributed by atoms with Crippen LogP contribution in [0.2, 0.25) is 5.02 Å². The summed E-state index contributed by atoms with van der Waals surface area (Å²) in [5, 5.41) is 9.62. The average molecular weight is 569 g/mol. The number of esters is 1. The molecule has 1 heterocycles. The summed E-state index contributed by atoms with van der Waals surface area (Å²) in [4.78, 5) is 53.6. The first kappa shape index (κ1) is 30.4. The van der Waals surface area contributed by atoms with Crippen molar-refractivity contribution in [1.82, 2.24) is 10.5 Å². The quantitative estimate of drug-likeness (QED) is 0.303. The molecule has 3 aromatic rings. The van der Waals surface area contributed by atoms with Gasteiger partial charge < -0.3 is 19.9 Å². The minimum absolute atomic E-state index is 0.182. The molecule has 0 aliphatic carbocycles. The molecule has 10 nitrogen and oxygen atoms in total. The van der Waals surface area contributed by atoms with E-state index in [9.17, 15) is 19.2 Å². The maximum absolute atomic E-state index is 13.9. The van der Waals surface area contributed by atoms with Gasteiger partial charge in [0, 0.05) is 40.7 Å². The van der Waals surface area contributed by atoms with Gasteiger partial charge >= 0.3 is 5.97 Å². The fourth-order valence-corrected chi connectivity index (χ4v) is 4.11. The highest BCUT2D eigenvalue weighted by atomic mass is 35.5. The van der Waals surface area contributed by atoms with Crippen molar-refractivity contribution in [2.75, 3.05) is 17.3 Å². The molecule has 0 spiro atoms. The lowest BCUT2D eigenvalue weighted by molar-refractivity contribution is -0.128. The third-order valence-electron chi connectivity index (χ3n) is 6.35. The van der Waals surface area contributed by atoms with Gasteiger partial charge in [0.2, 0.25) is 17.7 Å². The van der Waals surface area contributed by atoms with E-state index in [4.69, 9.17) is 20.9 Å². The lowest BCUT2D eigenvalue weighted by atomic mass is 9.97. The molecule has 0 fully saturated rings. The van der Waals surface area contributed by atoms with Gasteiger partial charge in [-0.2, -0.15) is 0 Å². The van der Waals surface area contributed by atoms with Crippen LogP contribution in [0.1, 0.15) is 67.8 Å². The van der Waals surface area contributed by atoms with Crippen molar-refractivity contribution in [2.45, 2.75) is 58.5 Å². The summed E-state index contributed by atoms with van der Waals surface area (Å²) in [6.07, 6.45) is 0.225. The third kappa shape index (κ3) is 7.69. The molecular weight excluding hydrogens is 536 g/mol. The number of benzene rings is 2. The van der Waals surface area contributed by atoms with Crippen LogP contribution >= 0.6 is 11.6 Å². The number of methoxy groups -OCH3 is 1. The molecule has 40 heavy (non-hydrogen) atoms. The second kappa shape index (κ2) is 13.3. The lowest BCUT2D eigenvalue weighted by Crippen LogP contribution is -2.50. The average Bonchev–Trinajstić information content (AvgIpc) is 3.34. The Labute approximate surface area is 238 Å². The number of carbonyl (C=O) groups excluding carboxylic acids is 4. The summed E-state index contributed by atoms with van der Waals surface area (Å²) in [6.45, 7) is 7.38. The van der Waals surface area contributed by atoms with Crippen molar-refractivity contribution in [1.29, 1.82) is 0 Å². The van der Waals surface area contributed by atoms with E-state index in [0.29, 0.717) is 28.5 Å². The van der Waals surface area contributed by atoms with Gasteiger partial charge in [0.25, 0.3) is 0 Å². The second-order valence-electron chi connectivity index (χ2n) is 9.82. The number of anilines is 2. The first-order valence-corrected chi connectivity index (χ1v) is 13.1. The van der Waals surface area contributed by atoms with Gasteiger partial charge in [-0.3, -0.25) is 19.3 Å². The van der Waals surface area contributed by atoms with Crippen molar-refractivity contribution in [3.63, 3.8) is 0 Å². The number of ether oxygens (including phenoxy) is 1. The molecule has 0 unspecified atom stereocenters. The molecule has 0 bridgehead atoms. The van der Waals surface area contributed by atoms with Crippen LogP contribution < -0.4 is 15.5 Å². The summed E-state index contributed by atoms with van der Waals surface area (Å²) in [7, 11) is 1.27. The molecule has 0 saturated heterocycles. The standard InChI is InChI=1S/C29H33ClN4O6/c1-6-29(3,4)32-27(37)26(21-9-7-8-10-22(21)30)34(20-13-11-19(12-14-20)28(38)39-5)25(36)16-15-24(35)31-23-17-18(2)40-33-23/h7-14,17,26H,6,15-16H2,1-5H3,(H,32,37)(H,31,33,35)/t26-/m1/s1. The van der Waals surface area contributed by atoms with Crippen LogP contribution in [0.5, 0.6) is 0 Å². The first-order chi connectivity index (χ1) is 19.0.